The van der Waals surface area contributed by atoms with E-state index in [1.165, 1.54) is 18.2 Å². The molecular weight excluding hydrogens is 247 g/mol. The molecule has 4 heteroatoms. The first-order valence-corrected chi connectivity index (χ1v) is 5.74. The zero-order valence-electron chi connectivity index (χ0n) is 10.4. The maximum absolute atomic E-state index is 13.6. The molecule has 0 N–H and O–H groups in total. The summed E-state index contributed by atoms with van der Waals surface area (Å²) < 4.78 is 24.2. The first kappa shape index (κ1) is 13.1. The number of benzene rings is 2. The fourth-order valence-corrected chi connectivity index (χ4v) is 1.74. The van der Waals surface area contributed by atoms with Crippen LogP contribution in [0.2, 0.25) is 0 Å². The maximum atomic E-state index is 13.6. The number of methoxy groups -OCH3 is 1. The fraction of sp³-hybridized carbons (Fsp3) is 0.133. The fourth-order valence-electron chi connectivity index (χ4n) is 1.74. The number of hydrogen-bond acceptors (Lipinski definition) is 3. The van der Waals surface area contributed by atoms with Gasteiger partial charge in [0.15, 0.2) is 17.9 Å². The van der Waals surface area contributed by atoms with Gasteiger partial charge in [0.05, 0.1) is 12.7 Å². The summed E-state index contributed by atoms with van der Waals surface area (Å²) in [5, 5.41) is 0. The third-order valence-corrected chi connectivity index (χ3v) is 2.69. The summed E-state index contributed by atoms with van der Waals surface area (Å²) in [5.74, 6) is 0.0643. The number of rotatable bonds is 5. The van der Waals surface area contributed by atoms with Crippen LogP contribution in [-0.4, -0.2) is 13.4 Å². The summed E-state index contributed by atoms with van der Waals surface area (Å²) >= 11 is 0. The van der Waals surface area contributed by atoms with Crippen LogP contribution in [-0.2, 0) is 6.61 Å². The smallest absolute Gasteiger partial charge is 0.165 e. The highest BCUT2D eigenvalue weighted by molar-refractivity contribution is 5.79. The Kier molecular flexibility index (Phi) is 4.13. The molecular formula is C15H13FO3. The van der Waals surface area contributed by atoms with Gasteiger partial charge < -0.3 is 9.47 Å². The molecule has 0 bridgehead atoms. The maximum Gasteiger partial charge on any atom is 0.165 e. The lowest BCUT2D eigenvalue weighted by Gasteiger charge is -2.11. The second kappa shape index (κ2) is 6.00. The average Bonchev–Trinajstić information content (AvgIpc) is 2.46. The number of halogens is 1. The summed E-state index contributed by atoms with van der Waals surface area (Å²) in [5.41, 5.74) is 0.972. The van der Waals surface area contributed by atoms with E-state index in [0.717, 1.165) is 5.56 Å². The monoisotopic (exact) mass is 260 g/mol. The third-order valence-electron chi connectivity index (χ3n) is 2.69. The standard InChI is InChI=1S/C15H13FO3/c1-18-14-8-3-2-5-12(14)10-19-15-11(9-17)6-4-7-13(15)16/h2-9H,10H2,1H3. The molecule has 0 radical (unpaired) electrons. The zero-order valence-corrected chi connectivity index (χ0v) is 10.4. The molecule has 0 aliphatic carbocycles. The van der Waals surface area contributed by atoms with Crippen molar-refractivity contribution in [2.75, 3.05) is 7.11 Å². The van der Waals surface area contributed by atoms with Gasteiger partial charge in [0.25, 0.3) is 0 Å². The summed E-state index contributed by atoms with van der Waals surface area (Å²) in [6.07, 6.45) is 0.570. The average molecular weight is 260 g/mol. The molecule has 19 heavy (non-hydrogen) atoms. The molecule has 0 aliphatic rings. The predicted molar refractivity (Wildman–Crippen MR) is 69.1 cm³/mol. The van der Waals surface area contributed by atoms with Crippen molar-refractivity contribution >= 4 is 6.29 Å². The molecule has 0 heterocycles. The van der Waals surface area contributed by atoms with Gasteiger partial charge in [-0.1, -0.05) is 24.3 Å². The van der Waals surface area contributed by atoms with Crippen LogP contribution in [0.1, 0.15) is 15.9 Å². The molecule has 98 valence electrons. The predicted octanol–water partition coefficient (Wildman–Crippen LogP) is 3.23. The van der Waals surface area contributed by atoms with E-state index in [4.69, 9.17) is 9.47 Å². The lowest BCUT2D eigenvalue weighted by atomic mass is 10.2. The molecule has 0 saturated heterocycles. The van der Waals surface area contributed by atoms with Gasteiger partial charge in [0.2, 0.25) is 0 Å². The molecule has 0 aromatic heterocycles. The van der Waals surface area contributed by atoms with E-state index in [0.29, 0.717) is 12.0 Å². The van der Waals surface area contributed by atoms with E-state index in [9.17, 15) is 9.18 Å². The summed E-state index contributed by atoms with van der Waals surface area (Å²) in [6.45, 7) is 0.131. The molecule has 2 aromatic carbocycles. The van der Waals surface area contributed by atoms with Crippen molar-refractivity contribution in [1.82, 2.24) is 0 Å². The van der Waals surface area contributed by atoms with Crippen molar-refractivity contribution in [3.63, 3.8) is 0 Å². The number of carbonyl (C=O) groups excluding carboxylic acids is 1. The highest BCUT2D eigenvalue weighted by atomic mass is 19.1. The number of ether oxygens (including phenoxy) is 2. The Morgan fingerprint density at radius 3 is 2.68 bits per heavy atom. The Morgan fingerprint density at radius 1 is 1.16 bits per heavy atom. The van der Waals surface area contributed by atoms with Gasteiger partial charge in [-0.25, -0.2) is 4.39 Å². The normalized spacial score (nSPS) is 10.0. The van der Waals surface area contributed by atoms with Crippen LogP contribution < -0.4 is 9.47 Å². The lowest BCUT2D eigenvalue weighted by molar-refractivity contribution is 0.111. The SMILES string of the molecule is COc1ccccc1COc1c(F)cccc1C=O. The summed E-state index contributed by atoms with van der Waals surface area (Å²) in [7, 11) is 1.55. The molecule has 0 unspecified atom stereocenters. The molecule has 3 nitrogen and oxygen atoms in total. The molecule has 2 rings (SSSR count). The molecule has 0 fully saturated rings. The first-order chi connectivity index (χ1) is 9.26. The van der Waals surface area contributed by atoms with Crippen molar-refractivity contribution in [1.29, 1.82) is 0 Å². The van der Waals surface area contributed by atoms with Gasteiger partial charge >= 0.3 is 0 Å². The lowest BCUT2D eigenvalue weighted by Crippen LogP contribution is -2.02. The van der Waals surface area contributed by atoms with Crippen LogP contribution in [0.4, 0.5) is 4.39 Å². The minimum atomic E-state index is -0.556. The van der Waals surface area contributed by atoms with E-state index in [1.807, 2.05) is 18.2 Å². The number of para-hydroxylation sites is 2. The Balaban J connectivity index is 2.21. The van der Waals surface area contributed by atoms with E-state index in [2.05, 4.69) is 0 Å². The Morgan fingerprint density at radius 2 is 1.95 bits per heavy atom. The van der Waals surface area contributed by atoms with Gasteiger partial charge in [-0.15, -0.1) is 0 Å². The van der Waals surface area contributed by atoms with Crippen molar-refractivity contribution in [2.24, 2.45) is 0 Å². The topological polar surface area (TPSA) is 35.5 Å². The van der Waals surface area contributed by atoms with Crippen molar-refractivity contribution in [2.45, 2.75) is 6.61 Å². The molecule has 2 aromatic rings. The van der Waals surface area contributed by atoms with Crippen LogP contribution in [0.15, 0.2) is 42.5 Å². The van der Waals surface area contributed by atoms with Crippen LogP contribution >= 0.6 is 0 Å². The molecule has 0 saturated carbocycles. The molecule has 0 aliphatic heterocycles. The number of carbonyl (C=O) groups is 1. The van der Waals surface area contributed by atoms with Gasteiger partial charge in [-0.3, -0.25) is 4.79 Å². The van der Waals surface area contributed by atoms with E-state index in [-0.39, 0.29) is 17.9 Å². The van der Waals surface area contributed by atoms with Crippen LogP contribution in [0.3, 0.4) is 0 Å². The van der Waals surface area contributed by atoms with E-state index in [1.54, 1.807) is 13.2 Å². The highest BCUT2D eigenvalue weighted by Crippen LogP contribution is 2.24. The Labute approximate surface area is 110 Å². The van der Waals surface area contributed by atoms with Gasteiger partial charge in [0.1, 0.15) is 12.4 Å². The first-order valence-electron chi connectivity index (χ1n) is 5.74. The highest BCUT2D eigenvalue weighted by Gasteiger charge is 2.10. The van der Waals surface area contributed by atoms with Crippen molar-refractivity contribution in [3.05, 3.63) is 59.4 Å². The quantitative estimate of drug-likeness (QED) is 0.774. The Hall–Kier alpha value is -2.36. The van der Waals surface area contributed by atoms with E-state index >= 15 is 0 Å². The van der Waals surface area contributed by atoms with Gasteiger partial charge in [0, 0.05) is 5.56 Å². The van der Waals surface area contributed by atoms with Crippen LogP contribution in [0.5, 0.6) is 11.5 Å². The zero-order chi connectivity index (χ0) is 13.7. The summed E-state index contributed by atoms with van der Waals surface area (Å²) in [4.78, 5) is 10.8. The number of aldehydes is 1. The minimum Gasteiger partial charge on any atom is -0.496 e. The van der Waals surface area contributed by atoms with Crippen LogP contribution in [0, 0.1) is 5.82 Å². The van der Waals surface area contributed by atoms with Crippen molar-refractivity contribution in [3.8, 4) is 11.5 Å². The van der Waals surface area contributed by atoms with Crippen LogP contribution in [0.25, 0.3) is 0 Å². The molecule has 0 amide bonds. The van der Waals surface area contributed by atoms with Gasteiger partial charge in [-0.05, 0) is 18.2 Å². The second-order valence-corrected chi connectivity index (χ2v) is 3.88. The summed E-state index contributed by atoms with van der Waals surface area (Å²) in [6, 6.07) is 11.5. The largest absolute Gasteiger partial charge is 0.496 e. The minimum absolute atomic E-state index is 0.0385. The van der Waals surface area contributed by atoms with Gasteiger partial charge in [-0.2, -0.15) is 0 Å². The second-order valence-electron chi connectivity index (χ2n) is 3.88. The Bertz CT molecular complexity index is 581. The molecule has 0 spiro atoms. The van der Waals surface area contributed by atoms with E-state index < -0.39 is 5.82 Å². The molecule has 0 atom stereocenters. The third kappa shape index (κ3) is 2.91. The number of hydrogen-bond donors (Lipinski definition) is 0. The van der Waals surface area contributed by atoms with Crippen molar-refractivity contribution < 1.29 is 18.7 Å².